The SMILES string of the molecule is COc1c(NC(=O)c2ccc(NC(=O)c3ccc(NC(=O)[C@H](CC#N)CC(=O)c4ccc(CC(=O)/C(C)=C/c5ccc(O)cc5)nc4)cc3)c(OC)c2O)ccc(C(=O)O)c1O. The van der Waals surface area contributed by atoms with Gasteiger partial charge < -0.3 is 45.9 Å². The molecule has 0 fully saturated rings. The molecule has 1 aromatic heterocycles. The van der Waals surface area contributed by atoms with Crippen LogP contribution in [-0.2, 0) is 16.0 Å². The van der Waals surface area contributed by atoms with Gasteiger partial charge in [0, 0.05) is 41.5 Å². The van der Waals surface area contributed by atoms with E-state index < -0.39 is 52.5 Å². The fraction of sp³-hybridized carbons (Fsp3) is 0.156. The molecule has 0 aliphatic heterocycles. The van der Waals surface area contributed by atoms with E-state index in [4.69, 9.17) is 9.47 Å². The molecule has 17 nitrogen and oxygen atoms in total. The molecule has 5 rings (SSSR count). The number of hydrogen-bond acceptors (Lipinski definition) is 13. The number of allylic oxidation sites excluding steroid dienone is 1. The molecular formula is C45H39N5O12. The fourth-order valence-electron chi connectivity index (χ4n) is 6.05. The zero-order valence-corrected chi connectivity index (χ0v) is 33.4. The summed E-state index contributed by atoms with van der Waals surface area (Å²) in [6.07, 6.45) is 2.42. The van der Waals surface area contributed by atoms with E-state index >= 15 is 0 Å². The number of nitriles is 1. The summed E-state index contributed by atoms with van der Waals surface area (Å²) < 4.78 is 10.3. The van der Waals surface area contributed by atoms with Gasteiger partial charge in [-0.25, -0.2) is 4.79 Å². The average Bonchev–Trinajstić information content (AvgIpc) is 3.24. The van der Waals surface area contributed by atoms with Crippen molar-refractivity contribution < 1.29 is 58.7 Å². The number of rotatable bonds is 17. The van der Waals surface area contributed by atoms with E-state index in [1.807, 2.05) is 6.07 Å². The van der Waals surface area contributed by atoms with E-state index in [0.717, 1.165) is 18.7 Å². The molecule has 5 aromatic rings. The predicted molar refractivity (Wildman–Crippen MR) is 225 cm³/mol. The van der Waals surface area contributed by atoms with E-state index in [9.17, 15) is 54.5 Å². The maximum Gasteiger partial charge on any atom is 0.339 e. The van der Waals surface area contributed by atoms with Crippen LogP contribution < -0.4 is 25.4 Å². The van der Waals surface area contributed by atoms with Crippen molar-refractivity contribution in [1.29, 1.82) is 5.26 Å². The summed E-state index contributed by atoms with van der Waals surface area (Å²) >= 11 is 0. The van der Waals surface area contributed by atoms with Crippen LogP contribution in [0, 0.1) is 17.2 Å². The number of aromatic carboxylic acids is 1. The number of methoxy groups -OCH3 is 2. The first-order chi connectivity index (χ1) is 29.6. The van der Waals surface area contributed by atoms with Gasteiger partial charge in [-0.2, -0.15) is 5.26 Å². The number of ether oxygens (including phenoxy) is 2. The van der Waals surface area contributed by atoms with E-state index in [1.165, 1.54) is 74.0 Å². The topological polar surface area (TPSA) is 275 Å². The molecule has 0 spiro atoms. The summed E-state index contributed by atoms with van der Waals surface area (Å²) in [7, 11) is 2.36. The molecule has 0 aliphatic carbocycles. The lowest BCUT2D eigenvalue weighted by atomic mass is 9.95. The van der Waals surface area contributed by atoms with E-state index in [-0.39, 0.29) is 76.0 Å². The van der Waals surface area contributed by atoms with E-state index in [2.05, 4.69) is 20.9 Å². The van der Waals surface area contributed by atoms with Crippen molar-refractivity contribution in [1.82, 2.24) is 4.98 Å². The zero-order valence-electron chi connectivity index (χ0n) is 33.4. The number of aromatic hydroxyl groups is 3. The molecule has 17 heteroatoms. The molecule has 3 amide bonds. The number of nitrogens with one attached hydrogen (secondary N) is 3. The highest BCUT2D eigenvalue weighted by Crippen LogP contribution is 2.40. The number of phenolic OH excluding ortho intramolecular Hbond substituents is 2. The Morgan fingerprint density at radius 1 is 0.742 bits per heavy atom. The number of carboxylic acid groups (broad SMARTS) is 1. The number of nitrogens with zero attached hydrogens (tertiary/aromatic N) is 2. The lowest BCUT2D eigenvalue weighted by molar-refractivity contribution is -0.119. The Kier molecular flexibility index (Phi) is 14.4. The Balaban J connectivity index is 1.18. The molecule has 0 saturated heterocycles. The highest BCUT2D eigenvalue weighted by molar-refractivity contribution is 6.10. The van der Waals surface area contributed by atoms with Gasteiger partial charge in [0.25, 0.3) is 11.8 Å². The van der Waals surface area contributed by atoms with Crippen molar-refractivity contribution in [3.05, 3.63) is 130 Å². The maximum absolute atomic E-state index is 13.2. The monoisotopic (exact) mass is 841 g/mol. The fourth-order valence-corrected chi connectivity index (χ4v) is 6.05. The Hall–Kier alpha value is -8.52. The van der Waals surface area contributed by atoms with Gasteiger partial charge in [0.05, 0.1) is 49.6 Å². The third kappa shape index (κ3) is 10.7. The lowest BCUT2D eigenvalue weighted by Gasteiger charge is -2.16. The van der Waals surface area contributed by atoms with Crippen molar-refractivity contribution in [3.63, 3.8) is 0 Å². The smallest absolute Gasteiger partial charge is 0.339 e. The predicted octanol–water partition coefficient (Wildman–Crippen LogP) is 6.37. The van der Waals surface area contributed by atoms with Crippen LogP contribution in [0.25, 0.3) is 6.08 Å². The van der Waals surface area contributed by atoms with Gasteiger partial charge in [0.15, 0.2) is 34.6 Å². The van der Waals surface area contributed by atoms with Crippen LogP contribution in [0.2, 0.25) is 0 Å². The zero-order chi connectivity index (χ0) is 45.1. The summed E-state index contributed by atoms with van der Waals surface area (Å²) in [5, 5.41) is 57.0. The molecular weight excluding hydrogens is 803 g/mol. The van der Waals surface area contributed by atoms with Gasteiger partial charge in [-0.1, -0.05) is 12.1 Å². The number of Topliss-reactive ketones (excluding diaryl/α,β-unsaturated/α-hetero) is 2. The Morgan fingerprint density at radius 2 is 1.32 bits per heavy atom. The molecule has 62 heavy (non-hydrogen) atoms. The molecule has 316 valence electrons. The maximum atomic E-state index is 13.2. The number of carboxylic acids is 1. The number of ketones is 2. The number of aromatic nitrogens is 1. The first-order valence-corrected chi connectivity index (χ1v) is 18.6. The second kappa shape index (κ2) is 20.0. The molecule has 0 radical (unpaired) electrons. The molecule has 4 aromatic carbocycles. The highest BCUT2D eigenvalue weighted by Gasteiger charge is 2.25. The first-order valence-electron chi connectivity index (χ1n) is 18.6. The number of carbonyl (C=O) groups is 6. The Bertz CT molecular complexity index is 2620. The molecule has 7 N–H and O–H groups in total. The van der Waals surface area contributed by atoms with Crippen LogP contribution in [-0.4, -0.2) is 74.9 Å². The Labute approximate surface area is 353 Å². The quantitative estimate of drug-likeness (QED) is 0.0396. The lowest BCUT2D eigenvalue weighted by Crippen LogP contribution is -2.25. The number of carbonyl (C=O) groups excluding carboxylic acids is 5. The third-order valence-electron chi connectivity index (χ3n) is 9.40. The van der Waals surface area contributed by atoms with Gasteiger partial charge in [0.2, 0.25) is 5.91 Å². The van der Waals surface area contributed by atoms with Crippen LogP contribution in [0.15, 0.2) is 96.7 Å². The molecule has 1 atom stereocenters. The van der Waals surface area contributed by atoms with Gasteiger partial charge in [-0.3, -0.25) is 29.0 Å². The molecule has 0 unspecified atom stereocenters. The minimum atomic E-state index is -1.42. The second-order valence-corrected chi connectivity index (χ2v) is 13.6. The van der Waals surface area contributed by atoms with Crippen LogP contribution >= 0.6 is 0 Å². The summed E-state index contributed by atoms with van der Waals surface area (Å²) in [6, 6.07) is 21.7. The minimum absolute atomic E-state index is 0.0125. The van der Waals surface area contributed by atoms with Crippen molar-refractivity contribution in [2.24, 2.45) is 5.92 Å². The van der Waals surface area contributed by atoms with E-state index in [0.29, 0.717) is 11.3 Å². The van der Waals surface area contributed by atoms with E-state index in [1.54, 1.807) is 31.2 Å². The number of pyridine rings is 1. The molecule has 0 aliphatic rings. The second-order valence-electron chi connectivity index (χ2n) is 13.6. The van der Waals surface area contributed by atoms with Crippen LogP contribution in [0.1, 0.15) is 72.5 Å². The number of anilines is 3. The highest BCUT2D eigenvalue weighted by atomic mass is 16.5. The third-order valence-corrected chi connectivity index (χ3v) is 9.40. The normalized spacial score (nSPS) is 11.4. The van der Waals surface area contributed by atoms with Crippen LogP contribution in [0.5, 0.6) is 28.7 Å². The van der Waals surface area contributed by atoms with Gasteiger partial charge in [0.1, 0.15) is 11.3 Å². The van der Waals surface area contributed by atoms with Crippen LogP contribution in [0.4, 0.5) is 17.1 Å². The number of phenols is 3. The molecule has 0 saturated carbocycles. The summed E-state index contributed by atoms with van der Waals surface area (Å²) in [5.74, 6) is -7.09. The summed E-state index contributed by atoms with van der Waals surface area (Å²) in [6.45, 7) is 1.67. The van der Waals surface area contributed by atoms with Crippen molar-refractivity contribution in [2.75, 3.05) is 30.2 Å². The number of hydrogen-bond donors (Lipinski definition) is 7. The van der Waals surface area contributed by atoms with Gasteiger partial charge in [-0.05, 0) is 96.9 Å². The number of benzene rings is 4. The van der Waals surface area contributed by atoms with Crippen molar-refractivity contribution in [2.45, 2.75) is 26.2 Å². The molecule has 0 bridgehead atoms. The van der Waals surface area contributed by atoms with Crippen LogP contribution in [0.3, 0.4) is 0 Å². The first kappa shape index (κ1) is 44.6. The molecule has 1 heterocycles. The minimum Gasteiger partial charge on any atom is -0.508 e. The Morgan fingerprint density at radius 3 is 1.89 bits per heavy atom. The summed E-state index contributed by atoms with van der Waals surface area (Å²) in [4.78, 5) is 81.0. The van der Waals surface area contributed by atoms with Gasteiger partial charge >= 0.3 is 5.97 Å². The number of amides is 3. The van der Waals surface area contributed by atoms with Crippen molar-refractivity contribution >= 4 is 58.4 Å². The summed E-state index contributed by atoms with van der Waals surface area (Å²) in [5.41, 5.74) is 1.36. The average molecular weight is 842 g/mol. The standard InChI is InChI=1S/C45H39N5O12/c1-24(20-25-4-12-31(51)13-5-25)36(52)22-30-11-8-28(23-47-30)37(53)21-27(18-19-46)43(57)48-29-9-6-26(7-10-29)42(56)49-34-16-14-32(38(54)40(34)61-2)44(58)50-35-17-15-33(45(59)60)39(55)41(35)62-3/h4-17,20,23,27,51,54-55H,18,21-22H2,1-3H3,(H,48,57)(H,49,56)(H,50,58)(H,59,60)/b24-20+/t27-/m1/s1. The van der Waals surface area contributed by atoms with Crippen molar-refractivity contribution in [3.8, 4) is 34.8 Å². The largest absolute Gasteiger partial charge is 0.508 e. The van der Waals surface area contributed by atoms with Gasteiger partial charge in [-0.15, -0.1) is 0 Å².